The summed E-state index contributed by atoms with van der Waals surface area (Å²) in [6.45, 7) is 16.1. The number of aliphatic hydroxyl groups is 1. The smallest absolute Gasteiger partial charge is 0.412 e. The number of hydrogen-bond donors (Lipinski definition) is 1. The van der Waals surface area contributed by atoms with Crippen LogP contribution in [0.2, 0.25) is 13.1 Å². The van der Waals surface area contributed by atoms with Crippen molar-refractivity contribution in [3.05, 3.63) is 47.5 Å². The fraction of sp³-hybridized carbons (Fsp3) is 0.607. The quantitative estimate of drug-likeness (QED) is 0.344. The molecule has 211 valence electrons. The second-order valence-corrected chi connectivity index (χ2v) is 16.1. The molecule has 8 nitrogen and oxygen atoms in total. The lowest BCUT2D eigenvalue weighted by molar-refractivity contribution is -0.140. The van der Waals surface area contributed by atoms with Crippen LogP contribution in [0, 0.1) is 11.3 Å². The van der Waals surface area contributed by atoms with Crippen molar-refractivity contribution in [2.75, 3.05) is 12.8 Å². The molecule has 2 aromatic carbocycles. The van der Waals surface area contributed by atoms with Crippen LogP contribution < -0.4 is 0 Å². The summed E-state index contributed by atoms with van der Waals surface area (Å²) < 4.78 is 40.7. The van der Waals surface area contributed by atoms with Crippen molar-refractivity contribution in [2.24, 2.45) is 11.3 Å². The van der Waals surface area contributed by atoms with E-state index < -0.39 is 42.7 Å². The van der Waals surface area contributed by atoms with Gasteiger partial charge in [0, 0.05) is 13.0 Å². The molecule has 0 bridgehead atoms. The number of benzene rings is 2. The van der Waals surface area contributed by atoms with Gasteiger partial charge in [0.1, 0.15) is 11.7 Å². The van der Waals surface area contributed by atoms with Crippen LogP contribution in [0.3, 0.4) is 0 Å². The number of hydrogen-bond acceptors (Lipinski definition) is 7. The molecular formula is C28H42NO7SSi. The Kier molecular flexibility index (Phi) is 8.75. The molecule has 3 rings (SSSR count). The highest BCUT2D eigenvalue weighted by atomic mass is 32.2. The number of amides is 1. The summed E-state index contributed by atoms with van der Waals surface area (Å²) in [6.07, 6.45) is -0.244. The molecule has 1 fully saturated rings. The predicted octanol–water partition coefficient (Wildman–Crippen LogP) is 5.62. The van der Waals surface area contributed by atoms with Crippen LogP contribution in [0.4, 0.5) is 4.79 Å². The highest BCUT2D eigenvalue weighted by Crippen LogP contribution is 2.50. The van der Waals surface area contributed by atoms with Gasteiger partial charge >= 0.3 is 6.09 Å². The average Bonchev–Trinajstić information content (AvgIpc) is 3.16. The number of carbonyl (C=O) groups is 1. The maximum Gasteiger partial charge on any atom is 0.412 e. The Balaban J connectivity index is 2.18. The summed E-state index contributed by atoms with van der Waals surface area (Å²) in [6, 6.07) is 11.0. The SMILES string of the molecule is C[Si](C)O[C@]1(C(O)c2ccc(COS(C)(=O)=O)c3ccccc23)C[C@H](C(C)(C)C)CN1C(=O)OC(C)(C)C. The van der Waals surface area contributed by atoms with Gasteiger partial charge in [-0.25, -0.2) is 4.79 Å². The monoisotopic (exact) mass is 564 g/mol. The lowest BCUT2D eigenvalue weighted by Gasteiger charge is -2.43. The molecule has 1 aliphatic heterocycles. The van der Waals surface area contributed by atoms with Crippen LogP contribution in [0.25, 0.3) is 10.8 Å². The number of ether oxygens (including phenoxy) is 1. The van der Waals surface area contributed by atoms with E-state index in [-0.39, 0.29) is 17.9 Å². The van der Waals surface area contributed by atoms with Gasteiger partial charge in [-0.2, -0.15) is 8.42 Å². The molecule has 1 aliphatic rings. The summed E-state index contributed by atoms with van der Waals surface area (Å²) in [5.41, 5.74) is -0.918. The highest BCUT2D eigenvalue weighted by Gasteiger charge is 2.57. The van der Waals surface area contributed by atoms with Crippen molar-refractivity contribution in [1.82, 2.24) is 4.90 Å². The summed E-state index contributed by atoms with van der Waals surface area (Å²) in [5.74, 6) is 0.0553. The van der Waals surface area contributed by atoms with Crippen molar-refractivity contribution >= 4 is 36.0 Å². The van der Waals surface area contributed by atoms with Crippen molar-refractivity contribution < 1.29 is 31.7 Å². The molecule has 1 unspecified atom stereocenters. The molecule has 0 spiro atoms. The number of nitrogens with zero attached hydrogens (tertiary/aromatic N) is 1. The molecule has 1 amide bonds. The minimum absolute atomic E-state index is 0.0553. The molecule has 38 heavy (non-hydrogen) atoms. The largest absolute Gasteiger partial charge is 0.444 e. The van der Waals surface area contributed by atoms with Gasteiger partial charge in [-0.15, -0.1) is 0 Å². The van der Waals surface area contributed by atoms with Gasteiger partial charge in [-0.05, 0) is 67.1 Å². The molecule has 1 saturated heterocycles. The number of aliphatic hydroxyl groups excluding tert-OH is 1. The standard InChI is InChI=1S/C28H42NO7SSi/c1-26(2,3)20-16-28(36-38(8)9,29(17-20)25(31)35-27(4,5)6)24(30)23-15-14-19(18-34-37(7,32)33)21-12-10-11-13-22(21)23/h10-15,20,24,30H,16-18H2,1-9H3/t20-,24?,28-/m0/s1. The van der Waals surface area contributed by atoms with Crippen LogP contribution in [0.1, 0.15) is 65.2 Å². The third-order valence-electron chi connectivity index (χ3n) is 6.82. The summed E-state index contributed by atoms with van der Waals surface area (Å²) in [7, 11) is -5.01. The van der Waals surface area contributed by atoms with Gasteiger partial charge in [0.2, 0.25) is 9.04 Å². The molecule has 2 aromatic rings. The third kappa shape index (κ3) is 6.96. The molecular weight excluding hydrogens is 522 g/mol. The van der Waals surface area contributed by atoms with E-state index in [1.54, 1.807) is 17.0 Å². The molecule has 0 saturated carbocycles. The Morgan fingerprint density at radius 1 is 1.11 bits per heavy atom. The molecule has 3 atom stereocenters. The highest BCUT2D eigenvalue weighted by molar-refractivity contribution is 7.85. The first-order valence-electron chi connectivity index (χ1n) is 12.9. The van der Waals surface area contributed by atoms with Gasteiger partial charge in [0.25, 0.3) is 10.1 Å². The second kappa shape index (κ2) is 10.9. The molecule has 0 aromatic heterocycles. The van der Waals surface area contributed by atoms with E-state index >= 15 is 0 Å². The Bertz CT molecular complexity index is 1270. The normalized spacial score (nSPS) is 21.8. The van der Waals surface area contributed by atoms with E-state index in [0.717, 1.165) is 17.0 Å². The van der Waals surface area contributed by atoms with Gasteiger partial charge < -0.3 is 14.3 Å². The van der Waals surface area contributed by atoms with E-state index in [0.29, 0.717) is 24.1 Å². The van der Waals surface area contributed by atoms with E-state index in [9.17, 15) is 18.3 Å². The van der Waals surface area contributed by atoms with Crippen molar-refractivity contribution in [3.63, 3.8) is 0 Å². The Hall–Kier alpha value is -1.98. The maximum absolute atomic E-state index is 13.6. The van der Waals surface area contributed by atoms with E-state index in [1.165, 1.54) is 0 Å². The zero-order valence-electron chi connectivity index (χ0n) is 24.0. The van der Waals surface area contributed by atoms with Crippen molar-refractivity contribution in [3.8, 4) is 0 Å². The minimum atomic E-state index is -3.63. The summed E-state index contributed by atoms with van der Waals surface area (Å²) >= 11 is 0. The van der Waals surface area contributed by atoms with Crippen molar-refractivity contribution in [1.29, 1.82) is 0 Å². The fourth-order valence-corrected chi connectivity index (χ4v) is 6.31. The third-order valence-corrected chi connectivity index (χ3v) is 8.12. The topological polar surface area (TPSA) is 102 Å². The molecule has 0 aliphatic carbocycles. The fourth-order valence-electron chi connectivity index (χ4n) is 4.96. The molecule has 1 N–H and O–H groups in total. The van der Waals surface area contributed by atoms with Gasteiger partial charge in [-0.3, -0.25) is 9.08 Å². The van der Waals surface area contributed by atoms with Gasteiger partial charge in [-0.1, -0.05) is 57.2 Å². The van der Waals surface area contributed by atoms with Crippen LogP contribution in [-0.2, 0) is 30.1 Å². The first kappa shape index (κ1) is 30.6. The molecule has 10 heteroatoms. The molecule has 1 heterocycles. The lowest BCUT2D eigenvalue weighted by atomic mass is 9.77. The van der Waals surface area contributed by atoms with Crippen LogP contribution in [-0.4, -0.2) is 57.7 Å². The van der Waals surface area contributed by atoms with Crippen molar-refractivity contribution in [2.45, 2.75) is 85.1 Å². The number of carbonyl (C=O) groups excluding carboxylic acids is 1. The minimum Gasteiger partial charge on any atom is -0.444 e. The van der Waals surface area contributed by atoms with Gasteiger partial charge in [0.15, 0.2) is 5.72 Å². The lowest BCUT2D eigenvalue weighted by Crippen LogP contribution is -2.56. The van der Waals surface area contributed by atoms with Crippen LogP contribution in [0.15, 0.2) is 36.4 Å². The first-order valence-corrected chi connectivity index (χ1v) is 17.1. The Morgan fingerprint density at radius 2 is 1.71 bits per heavy atom. The number of likely N-dealkylation sites (tertiary alicyclic amines) is 1. The van der Waals surface area contributed by atoms with Crippen LogP contribution in [0.5, 0.6) is 0 Å². The summed E-state index contributed by atoms with van der Waals surface area (Å²) in [4.78, 5) is 15.2. The Labute approximate surface area is 229 Å². The van der Waals surface area contributed by atoms with Crippen LogP contribution >= 0.6 is 0 Å². The first-order chi connectivity index (χ1) is 17.3. The molecule has 1 radical (unpaired) electrons. The number of rotatable bonds is 7. The van der Waals surface area contributed by atoms with E-state index in [4.69, 9.17) is 13.3 Å². The summed E-state index contributed by atoms with van der Waals surface area (Å²) in [5, 5.41) is 13.7. The Morgan fingerprint density at radius 3 is 2.24 bits per heavy atom. The zero-order valence-corrected chi connectivity index (χ0v) is 25.8. The predicted molar refractivity (Wildman–Crippen MR) is 150 cm³/mol. The maximum atomic E-state index is 13.6. The average molecular weight is 565 g/mol. The van der Waals surface area contributed by atoms with E-state index in [1.807, 2.05) is 58.1 Å². The zero-order chi connectivity index (χ0) is 28.7. The van der Waals surface area contributed by atoms with Gasteiger partial charge in [0.05, 0.1) is 12.9 Å². The second-order valence-electron chi connectivity index (χ2n) is 12.4. The van der Waals surface area contributed by atoms with E-state index in [2.05, 4.69) is 20.8 Å². The number of fused-ring (bicyclic) bond motifs is 1.